The third-order valence-electron chi connectivity index (χ3n) is 2.32. The summed E-state index contributed by atoms with van der Waals surface area (Å²) >= 11 is -2.61. The molecule has 94 valence electrons. The van der Waals surface area contributed by atoms with E-state index in [1.165, 1.54) is 6.92 Å². The van der Waals surface area contributed by atoms with Gasteiger partial charge in [0.25, 0.3) is 0 Å². The van der Waals surface area contributed by atoms with Gasteiger partial charge in [0.05, 0.1) is 0 Å². The lowest BCUT2D eigenvalue weighted by Gasteiger charge is -2.11. The predicted molar refractivity (Wildman–Crippen MR) is 67.8 cm³/mol. The molecule has 2 aromatic carbocycles. The summed E-state index contributed by atoms with van der Waals surface area (Å²) in [6.07, 6.45) is 0. The Balaban J connectivity index is 2.46. The second-order valence-electron chi connectivity index (χ2n) is 3.66. The standard InChI is InChI=1S/C12H11NO4S/c1-8(14)13-10-5-6-11-9(7-10)3-2-4-12(11)17-18(15)16/h2-7H,1H3,(H,13,14)(H,15,16)/p-1. The summed E-state index contributed by atoms with van der Waals surface area (Å²) in [6, 6.07) is 10.2. The van der Waals surface area contributed by atoms with Crippen molar-refractivity contribution in [1.29, 1.82) is 0 Å². The molecule has 0 aliphatic carbocycles. The normalized spacial score (nSPS) is 12.1. The highest BCUT2D eigenvalue weighted by Gasteiger charge is 2.04. The highest BCUT2D eigenvalue weighted by Crippen LogP contribution is 2.28. The molecule has 0 saturated carbocycles. The van der Waals surface area contributed by atoms with E-state index in [1.54, 1.807) is 36.4 Å². The highest BCUT2D eigenvalue weighted by molar-refractivity contribution is 7.74. The van der Waals surface area contributed by atoms with Crippen LogP contribution in [-0.4, -0.2) is 14.7 Å². The second kappa shape index (κ2) is 5.16. The Labute approximate surface area is 106 Å². The minimum absolute atomic E-state index is 0.164. The molecule has 0 aromatic heterocycles. The van der Waals surface area contributed by atoms with Gasteiger partial charge in [-0.05, 0) is 29.7 Å². The summed E-state index contributed by atoms with van der Waals surface area (Å²) in [5.41, 5.74) is 0.649. The van der Waals surface area contributed by atoms with Gasteiger partial charge >= 0.3 is 0 Å². The van der Waals surface area contributed by atoms with Gasteiger partial charge in [0.2, 0.25) is 5.91 Å². The van der Waals surface area contributed by atoms with Gasteiger partial charge in [-0.15, -0.1) is 0 Å². The molecular weight excluding hydrogens is 254 g/mol. The number of carbonyl (C=O) groups excluding carboxylic acids is 1. The number of carbonyl (C=O) groups is 1. The third kappa shape index (κ3) is 2.85. The first-order valence-corrected chi connectivity index (χ1v) is 6.14. The summed E-state index contributed by atoms with van der Waals surface area (Å²) in [4.78, 5) is 10.9. The van der Waals surface area contributed by atoms with Crippen LogP contribution in [0.4, 0.5) is 5.69 Å². The molecule has 0 spiro atoms. The molecule has 5 nitrogen and oxygen atoms in total. The summed E-state index contributed by atoms with van der Waals surface area (Å²) < 4.78 is 25.8. The van der Waals surface area contributed by atoms with Crippen LogP contribution in [0.2, 0.25) is 0 Å². The fourth-order valence-corrected chi connectivity index (χ4v) is 1.97. The first-order valence-electron chi connectivity index (χ1n) is 5.14. The molecule has 0 saturated heterocycles. The van der Waals surface area contributed by atoms with Crippen LogP contribution in [0.25, 0.3) is 10.8 Å². The zero-order chi connectivity index (χ0) is 13.1. The largest absolute Gasteiger partial charge is 0.740 e. The van der Waals surface area contributed by atoms with Gasteiger partial charge in [0.15, 0.2) is 0 Å². The van der Waals surface area contributed by atoms with Crippen molar-refractivity contribution in [1.82, 2.24) is 0 Å². The highest BCUT2D eigenvalue weighted by atomic mass is 32.2. The summed E-state index contributed by atoms with van der Waals surface area (Å²) in [7, 11) is 0. The lowest BCUT2D eigenvalue weighted by molar-refractivity contribution is -0.114. The van der Waals surface area contributed by atoms with Crippen LogP contribution in [0, 0.1) is 0 Å². The van der Waals surface area contributed by atoms with Crippen molar-refractivity contribution in [3.63, 3.8) is 0 Å². The first kappa shape index (κ1) is 12.5. The van der Waals surface area contributed by atoms with Crippen molar-refractivity contribution < 1.29 is 17.7 Å². The van der Waals surface area contributed by atoms with Gasteiger partial charge in [-0.1, -0.05) is 12.1 Å². The maximum absolute atomic E-state index is 10.9. The van der Waals surface area contributed by atoms with Gasteiger partial charge < -0.3 is 14.1 Å². The molecule has 0 radical (unpaired) electrons. The molecule has 0 bridgehead atoms. The number of rotatable bonds is 3. The van der Waals surface area contributed by atoms with Crippen LogP contribution in [0.5, 0.6) is 5.75 Å². The van der Waals surface area contributed by atoms with E-state index in [0.29, 0.717) is 11.1 Å². The van der Waals surface area contributed by atoms with E-state index < -0.39 is 11.4 Å². The van der Waals surface area contributed by atoms with Crippen LogP contribution < -0.4 is 9.50 Å². The number of hydrogen-bond acceptors (Lipinski definition) is 4. The average molecular weight is 264 g/mol. The van der Waals surface area contributed by atoms with E-state index in [0.717, 1.165) is 5.39 Å². The minimum Gasteiger partial charge on any atom is -0.740 e. The molecule has 0 aliphatic heterocycles. The fourth-order valence-electron chi connectivity index (χ4n) is 1.68. The molecule has 1 atom stereocenters. The van der Waals surface area contributed by atoms with E-state index in [9.17, 15) is 13.6 Å². The first-order chi connectivity index (χ1) is 8.56. The summed E-state index contributed by atoms with van der Waals surface area (Å²) in [6.45, 7) is 1.42. The number of hydrogen-bond donors (Lipinski definition) is 1. The number of fused-ring (bicyclic) bond motifs is 1. The van der Waals surface area contributed by atoms with Crippen molar-refractivity contribution in [3.8, 4) is 5.75 Å². The van der Waals surface area contributed by atoms with Gasteiger partial charge in [0.1, 0.15) is 17.1 Å². The van der Waals surface area contributed by atoms with E-state index in [2.05, 4.69) is 9.50 Å². The molecule has 6 heteroatoms. The van der Waals surface area contributed by atoms with Crippen molar-refractivity contribution in [2.75, 3.05) is 5.32 Å². The Morgan fingerprint density at radius 2 is 2.11 bits per heavy atom. The Hall–Kier alpha value is -1.92. The van der Waals surface area contributed by atoms with Gasteiger partial charge in [0, 0.05) is 18.0 Å². The zero-order valence-corrected chi connectivity index (χ0v) is 10.3. The predicted octanol–water partition coefficient (Wildman–Crippen LogP) is 1.97. The average Bonchev–Trinajstić information content (AvgIpc) is 2.27. The summed E-state index contributed by atoms with van der Waals surface area (Å²) in [5, 5.41) is 4.10. The topological polar surface area (TPSA) is 78.5 Å². The van der Waals surface area contributed by atoms with Crippen LogP contribution in [0.3, 0.4) is 0 Å². The molecule has 0 fully saturated rings. The van der Waals surface area contributed by atoms with Crippen LogP contribution >= 0.6 is 0 Å². The lowest BCUT2D eigenvalue weighted by Crippen LogP contribution is -2.05. The molecule has 18 heavy (non-hydrogen) atoms. The minimum atomic E-state index is -2.61. The van der Waals surface area contributed by atoms with Crippen LogP contribution in [0.1, 0.15) is 6.92 Å². The van der Waals surface area contributed by atoms with Crippen LogP contribution in [0.15, 0.2) is 36.4 Å². The molecule has 0 heterocycles. The Morgan fingerprint density at radius 1 is 1.33 bits per heavy atom. The van der Waals surface area contributed by atoms with E-state index >= 15 is 0 Å². The van der Waals surface area contributed by atoms with Gasteiger partial charge in [-0.3, -0.25) is 4.79 Å². The van der Waals surface area contributed by atoms with Gasteiger partial charge in [-0.2, -0.15) is 0 Å². The molecule has 2 rings (SSSR count). The Bertz CT molecular complexity index is 627. The van der Waals surface area contributed by atoms with E-state index in [4.69, 9.17) is 0 Å². The maximum atomic E-state index is 10.9. The Kier molecular flexibility index (Phi) is 3.59. The number of nitrogens with one attached hydrogen (secondary N) is 1. The van der Waals surface area contributed by atoms with Crippen molar-refractivity contribution in [3.05, 3.63) is 36.4 Å². The van der Waals surface area contributed by atoms with E-state index in [1.807, 2.05) is 0 Å². The number of benzene rings is 2. The van der Waals surface area contributed by atoms with Crippen molar-refractivity contribution >= 4 is 33.7 Å². The smallest absolute Gasteiger partial charge is 0.221 e. The Morgan fingerprint density at radius 3 is 2.78 bits per heavy atom. The molecule has 1 unspecified atom stereocenters. The molecule has 1 amide bonds. The van der Waals surface area contributed by atoms with Crippen molar-refractivity contribution in [2.45, 2.75) is 6.92 Å². The molecule has 0 aliphatic rings. The third-order valence-corrected chi connectivity index (χ3v) is 2.63. The fraction of sp³-hybridized carbons (Fsp3) is 0.0833. The SMILES string of the molecule is CC(=O)Nc1ccc2c(OS(=O)[O-])cccc2c1. The maximum Gasteiger partial charge on any atom is 0.221 e. The number of anilines is 1. The lowest BCUT2D eigenvalue weighted by atomic mass is 10.1. The van der Waals surface area contributed by atoms with Gasteiger partial charge in [-0.25, -0.2) is 4.21 Å². The molecule has 1 N–H and O–H groups in total. The van der Waals surface area contributed by atoms with Crippen molar-refractivity contribution in [2.24, 2.45) is 0 Å². The second-order valence-corrected chi connectivity index (χ2v) is 4.24. The quantitative estimate of drug-likeness (QED) is 0.860. The summed E-state index contributed by atoms with van der Waals surface area (Å²) in [5.74, 6) is 0.0950. The molecular formula is C12H10NO4S-. The molecule has 2 aromatic rings. The van der Waals surface area contributed by atoms with E-state index in [-0.39, 0.29) is 11.7 Å². The zero-order valence-electron chi connectivity index (χ0n) is 9.51. The number of amides is 1. The monoisotopic (exact) mass is 264 g/mol. The van der Waals surface area contributed by atoms with Crippen LogP contribution in [-0.2, 0) is 16.2 Å².